The first-order valence-corrected chi connectivity index (χ1v) is 8.70. The second-order valence-corrected chi connectivity index (χ2v) is 7.66. The van der Waals surface area contributed by atoms with Crippen molar-refractivity contribution in [3.05, 3.63) is 15.6 Å². The van der Waals surface area contributed by atoms with E-state index in [9.17, 15) is 4.79 Å². The van der Waals surface area contributed by atoms with E-state index in [1.54, 1.807) is 11.3 Å². The number of thiazole rings is 1. The van der Waals surface area contributed by atoms with E-state index in [1.807, 2.05) is 0 Å². The smallest absolute Gasteiger partial charge is 0.227 e. The molecule has 1 fully saturated rings. The number of carbonyl (C=O) groups excluding carboxylic acids is 1. The Hall–Kier alpha value is -0.940. The predicted octanol–water partition coefficient (Wildman–Crippen LogP) is 2.89. The molecular formula is C16H27N3OS. The van der Waals surface area contributed by atoms with Gasteiger partial charge in [-0.1, -0.05) is 6.92 Å². The van der Waals surface area contributed by atoms with Gasteiger partial charge in [0.15, 0.2) is 0 Å². The van der Waals surface area contributed by atoms with Crippen molar-refractivity contribution in [2.24, 2.45) is 5.41 Å². The quantitative estimate of drug-likeness (QED) is 0.909. The van der Waals surface area contributed by atoms with E-state index in [1.165, 1.54) is 4.88 Å². The first-order chi connectivity index (χ1) is 9.94. The first-order valence-electron chi connectivity index (χ1n) is 7.88. The average Bonchev–Trinajstić information content (AvgIpc) is 2.74. The van der Waals surface area contributed by atoms with E-state index < -0.39 is 0 Å². The van der Waals surface area contributed by atoms with Crippen LogP contribution in [-0.2, 0) is 11.3 Å². The van der Waals surface area contributed by atoms with Crippen molar-refractivity contribution < 1.29 is 4.79 Å². The van der Waals surface area contributed by atoms with Crippen LogP contribution in [0.15, 0.2) is 0 Å². The molecule has 1 amide bonds. The SMILES string of the molecule is CCCNC(=O)C1(C)CCCN(Cc2sc(C)nc2C)C1. The molecule has 2 rings (SSSR count). The van der Waals surface area contributed by atoms with Crippen molar-refractivity contribution in [3.8, 4) is 0 Å². The fourth-order valence-electron chi connectivity index (χ4n) is 3.04. The van der Waals surface area contributed by atoms with Gasteiger partial charge in [0, 0.05) is 24.5 Å². The molecule has 4 nitrogen and oxygen atoms in total. The molecule has 1 N–H and O–H groups in total. The van der Waals surface area contributed by atoms with Gasteiger partial charge < -0.3 is 5.32 Å². The van der Waals surface area contributed by atoms with Gasteiger partial charge >= 0.3 is 0 Å². The van der Waals surface area contributed by atoms with Crippen LogP contribution in [0.3, 0.4) is 0 Å². The highest BCUT2D eigenvalue weighted by atomic mass is 32.1. The highest BCUT2D eigenvalue weighted by Gasteiger charge is 2.37. The minimum Gasteiger partial charge on any atom is -0.356 e. The minimum absolute atomic E-state index is 0.214. The Morgan fingerprint density at radius 3 is 2.86 bits per heavy atom. The molecule has 21 heavy (non-hydrogen) atoms. The number of hydrogen-bond acceptors (Lipinski definition) is 4. The Balaban J connectivity index is 1.99. The fourth-order valence-corrected chi connectivity index (χ4v) is 4.02. The third kappa shape index (κ3) is 4.04. The topological polar surface area (TPSA) is 45.2 Å². The maximum Gasteiger partial charge on any atom is 0.227 e. The Morgan fingerprint density at radius 1 is 1.48 bits per heavy atom. The van der Waals surface area contributed by atoms with Crippen LogP contribution in [0.1, 0.15) is 48.7 Å². The molecule has 0 bridgehead atoms. The number of nitrogens with one attached hydrogen (secondary N) is 1. The van der Waals surface area contributed by atoms with Crippen molar-refractivity contribution in [1.29, 1.82) is 0 Å². The molecule has 0 spiro atoms. The molecule has 1 aliphatic heterocycles. The van der Waals surface area contributed by atoms with Crippen LogP contribution in [0, 0.1) is 19.3 Å². The molecule has 1 aromatic rings. The van der Waals surface area contributed by atoms with E-state index in [0.717, 1.165) is 56.1 Å². The second-order valence-electron chi connectivity index (χ2n) is 6.37. The molecule has 0 aromatic carbocycles. The number of likely N-dealkylation sites (tertiary alicyclic amines) is 1. The van der Waals surface area contributed by atoms with Gasteiger partial charge in [-0.2, -0.15) is 0 Å². The molecule has 1 aromatic heterocycles. The third-order valence-corrected chi connectivity index (χ3v) is 5.28. The monoisotopic (exact) mass is 309 g/mol. The van der Waals surface area contributed by atoms with Crippen molar-refractivity contribution in [3.63, 3.8) is 0 Å². The summed E-state index contributed by atoms with van der Waals surface area (Å²) in [6, 6.07) is 0. The molecule has 1 saturated heterocycles. The van der Waals surface area contributed by atoms with Gasteiger partial charge in [0.05, 0.1) is 16.1 Å². The zero-order valence-corrected chi connectivity index (χ0v) is 14.5. The first kappa shape index (κ1) is 16.4. The van der Waals surface area contributed by atoms with Gasteiger partial charge in [0.1, 0.15) is 0 Å². The summed E-state index contributed by atoms with van der Waals surface area (Å²) in [4.78, 5) is 20.7. The maximum absolute atomic E-state index is 12.4. The predicted molar refractivity (Wildman–Crippen MR) is 87.5 cm³/mol. The van der Waals surface area contributed by atoms with Crippen LogP contribution in [0.4, 0.5) is 0 Å². The lowest BCUT2D eigenvalue weighted by atomic mass is 9.81. The second kappa shape index (κ2) is 6.88. The molecule has 1 atom stereocenters. The molecule has 118 valence electrons. The molecule has 0 aliphatic carbocycles. The summed E-state index contributed by atoms with van der Waals surface area (Å²) >= 11 is 1.78. The van der Waals surface area contributed by atoms with E-state index in [2.05, 4.69) is 42.9 Å². The molecular weight excluding hydrogens is 282 g/mol. The summed E-state index contributed by atoms with van der Waals surface area (Å²) in [7, 11) is 0. The van der Waals surface area contributed by atoms with Crippen molar-refractivity contribution in [2.45, 2.75) is 53.5 Å². The Morgan fingerprint density at radius 2 is 2.24 bits per heavy atom. The highest BCUT2D eigenvalue weighted by molar-refractivity contribution is 7.11. The zero-order valence-electron chi connectivity index (χ0n) is 13.7. The Kier molecular flexibility index (Phi) is 5.38. The Bertz CT molecular complexity index is 500. The van der Waals surface area contributed by atoms with Crippen LogP contribution in [-0.4, -0.2) is 35.4 Å². The molecule has 2 heterocycles. The molecule has 5 heteroatoms. The average molecular weight is 309 g/mol. The van der Waals surface area contributed by atoms with Gasteiger partial charge in [0.2, 0.25) is 5.91 Å². The van der Waals surface area contributed by atoms with Crippen molar-refractivity contribution in [2.75, 3.05) is 19.6 Å². The van der Waals surface area contributed by atoms with Crippen LogP contribution in [0.25, 0.3) is 0 Å². The lowest BCUT2D eigenvalue weighted by molar-refractivity contribution is -0.133. The third-order valence-electron chi connectivity index (χ3n) is 4.23. The number of carbonyl (C=O) groups is 1. The largest absolute Gasteiger partial charge is 0.356 e. The van der Waals surface area contributed by atoms with Gasteiger partial charge in [0.25, 0.3) is 0 Å². The standard InChI is InChI=1S/C16H27N3OS/c1-5-8-17-15(20)16(4)7-6-9-19(11-16)10-14-12(2)18-13(3)21-14/h5-11H2,1-4H3,(H,17,20). The zero-order chi connectivity index (χ0) is 15.5. The van der Waals surface area contributed by atoms with E-state index in [-0.39, 0.29) is 11.3 Å². The maximum atomic E-state index is 12.4. The van der Waals surface area contributed by atoms with Gasteiger partial charge in [-0.25, -0.2) is 4.98 Å². The van der Waals surface area contributed by atoms with Gasteiger partial charge in [-0.3, -0.25) is 9.69 Å². The number of aryl methyl sites for hydroxylation is 2. The summed E-state index contributed by atoms with van der Waals surface area (Å²) in [5.41, 5.74) is 0.890. The molecule has 1 aliphatic rings. The van der Waals surface area contributed by atoms with Gasteiger partial charge in [-0.15, -0.1) is 11.3 Å². The number of rotatable bonds is 5. The number of nitrogens with zero attached hydrogens (tertiary/aromatic N) is 2. The molecule has 0 radical (unpaired) electrons. The summed E-state index contributed by atoms with van der Waals surface area (Å²) in [5, 5.41) is 4.19. The van der Waals surface area contributed by atoms with Gasteiger partial charge in [-0.05, 0) is 46.6 Å². The number of aromatic nitrogens is 1. The summed E-state index contributed by atoms with van der Waals surface area (Å²) < 4.78 is 0. The normalized spacial score (nSPS) is 23.2. The summed E-state index contributed by atoms with van der Waals surface area (Å²) in [6.07, 6.45) is 3.07. The van der Waals surface area contributed by atoms with E-state index in [0.29, 0.717) is 0 Å². The van der Waals surface area contributed by atoms with E-state index >= 15 is 0 Å². The number of piperidine rings is 1. The lowest BCUT2D eigenvalue weighted by Crippen LogP contribution is -2.50. The summed E-state index contributed by atoms with van der Waals surface area (Å²) in [6.45, 7) is 12.0. The molecule has 1 unspecified atom stereocenters. The van der Waals surface area contributed by atoms with Crippen LogP contribution >= 0.6 is 11.3 Å². The van der Waals surface area contributed by atoms with Crippen molar-refractivity contribution >= 4 is 17.2 Å². The molecule has 0 saturated carbocycles. The van der Waals surface area contributed by atoms with E-state index in [4.69, 9.17) is 0 Å². The minimum atomic E-state index is -0.249. The van der Waals surface area contributed by atoms with Crippen LogP contribution in [0.5, 0.6) is 0 Å². The summed E-state index contributed by atoms with van der Waals surface area (Å²) in [5.74, 6) is 0.214. The Labute approximate surface area is 132 Å². The van der Waals surface area contributed by atoms with Crippen LogP contribution < -0.4 is 5.32 Å². The number of amides is 1. The number of hydrogen-bond donors (Lipinski definition) is 1. The highest BCUT2D eigenvalue weighted by Crippen LogP contribution is 2.31. The fraction of sp³-hybridized carbons (Fsp3) is 0.750. The van der Waals surface area contributed by atoms with Crippen LogP contribution in [0.2, 0.25) is 0 Å². The lowest BCUT2D eigenvalue weighted by Gasteiger charge is -2.39. The van der Waals surface area contributed by atoms with Crippen molar-refractivity contribution in [1.82, 2.24) is 15.2 Å².